The van der Waals surface area contributed by atoms with Gasteiger partial charge >= 0.3 is 0 Å². The molecular formula is C24H22N2O3. The van der Waals surface area contributed by atoms with E-state index in [2.05, 4.69) is 0 Å². The number of methoxy groups -OCH3 is 2. The van der Waals surface area contributed by atoms with Crippen LogP contribution in [-0.4, -0.2) is 24.9 Å². The molecule has 0 unspecified atom stereocenters. The molecule has 2 aromatic heterocycles. The number of hydrogen-bond donors (Lipinski definition) is 1. The highest BCUT2D eigenvalue weighted by Gasteiger charge is 2.19. The summed E-state index contributed by atoms with van der Waals surface area (Å²) in [5, 5.41) is 0. The number of aromatic nitrogens is 1. The molecule has 0 bridgehead atoms. The zero-order valence-electron chi connectivity index (χ0n) is 16.6. The van der Waals surface area contributed by atoms with Gasteiger partial charge in [-0.2, -0.15) is 0 Å². The van der Waals surface area contributed by atoms with Crippen molar-refractivity contribution < 1.29 is 14.3 Å². The van der Waals surface area contributed by atoms with E-state index in [0.29, 0.717) is 17.1 Å². The Morgan fingerprint density at radius 1 is 0.931 bits per heavy atom. The lowest BCUT2D eigenvalue weighted by Gasteiger charge is -2.11. The molecule has 2 aromatic carbocycles. The fourth-order valence-electron chi connectivity index (χ4n) is 3.81. The molecule has 0 fully saturated rings. The van der Waals surface area contributed by atoms with Crippen molar-refractivity contribution in [3.8, 4) is 33.9 Å². The lowest BCUT2D eigenvalue weighted by atomic mass is 10.0. The van der Waals surface area contributed by atoms with E-state index in [9.17, 15) is 4.79 Å². The number of carbonyl (C=O) groups is 1. The van der Waals surface area contributed by atoms with Gasteiger partial charge in [-0.1, -0.05) is 24.3 Å². The van der Waals surface area contributed by atoms with E-state index >= 15 is 0 Å². The van der Waals surface area contributed by atoms with Crippen LogP contribution in [0.5, 0.6) is 11.5 Å². The highest BCUT2D eigenvalue weighted by atomic mass is 16.5. The predicted molar refractivity (Wildman–Crippen MR) is 116 cm³/mol. The number of carbonyl (C=O) groups excluding carboxylic acids is 1. The average Bonchev–Trinajstić information content (AvgIpc) is 3.05. The molecule has 0 spiro atoms. The number of nitrogen functional groups attached to an aromatic ring is 1. The van der Waals surface area contributed by atoms with E-state index in [0.717, 1.165) is 45.5 Å². The fraction of sp³-hybridized carbons (Fsp3) is 0.125. The van der Waals surface area contributed by atoms with Crippen molar-refractivity contribution >= 4 is 17.5 Å². The minimum atomic E-state index is 0.571. The van der Waals surface area contributed by atoms with E-state index in [-0.39, 0.29) is 0 Å². The Hall–Kier alpha value is -3.73. The van der Waals surface area contributed by atoms with Crippen LogP contribution in [0, 0.1) is 6.92 Å². The number of fused-ring (bicyclic) bond motifs is 1. The first-order valence-corrected chi connectivity index (χ1v) is 9.26. The Kier molecular flexibility index (Phi) is 4.72. The molecule has 5 heteroatoms. The number of nitrogens with two attached hydrogens (primary N) is 1. The number of nitrogens with zero attached hydrogens (tertiary/aromatic N) is 1. The third-order valence-corrected chi connectivity index (χ3v) is 5.27. The Bertz CT molecular complexity index is 1210. The third kappa shape index (κ3) is 3.01. The van der Waals surface area contributed by atoms with Gasteiger partial charge in [0.15, 0.2) is 6.29 Å². The maximum atomic E-state index is 12.1. The van der Waals surface area contributed by atoms with E-state index < -0.39 is 0 Å². The second-order valence-electron chi connectivity index (χ2n) is 6.82. The number of pyridine rings is 1. The number of rotatable bonds is 5. The molecule has 0 aliphatic carbocycles. The van der Waals surface area contributed by atoms with Crippen molar-refractivity contribution in [3.05, 3.63) is 71.9 Å². The Morgan fingerprint density at radius 2 is 1.66 bits per heavy atom. The Morgan fingerprint density at radius 3 is 2.31 bits per heavy atom. The number of ether oxygens (including phenoxy) is 2. The molecule has 2 heterocycles. The second kappa shape index (κ2) is 7.36. The molecule has 0 atom stereocenters. The van der Waals surface area contributed by atoms with Gasteiger partial charge in [-0.3, -0.25) is 4.79 Å². The zero-order valence-corrected chi connectivity index (χ0v) is 16.6. The number of anilines is 1. The van der Waals surface area contributed by atoms with Gasteiger partial charge in [0.05, 0.1) is 36.8 Å². The normalized spacial score (nSPS) is 10.9. The molecule has 0 amide bonds. The summed E-state index contributed by atoms with van der Waals surface area (Å²) in [6.07, 6.45) is 0.910. The van der Waals surface area contributed by atoms with Gasteiger partial charge in [0.2, 0.25) is 0 Å². The zero-order chi connectivity index (χ0) is 20.5. The summed E-state index contributed by atoms with van der Waals surface area (Å²) in [6.45, 7) is 1.98. The van der Waals surface area contributed by atoms with Gasteiger partial charge in [0, 0.05) is 11.1 Å². The molecular weight excluding hydrogens is 364 g/mol. The lowest BCUT2D eigenvalue weighted by molar-refractivity contribution is 0.111. The number of aldehydes is 1. The van der Waals surface area contributed by atoms with E-state index in [4.69, 9.17) is 15.2 Å². The van der Waals surface area contributed by atoms with Crippen LogP contribution in [0.25, 0.3) is 27.9 Å². The summed E-state index contributed by atoms with van der Waals surface area (Å²) in [7, 11) is 3.24. The predicted octanol–water partition coefficient (Wildman–Crippen LogP) is 4.99. The summed E-state index contributed by atoms with van der Waals surface area (Å²) in [6, 6.07) is 19.5. The molecule has 146 valence electrons. The molecule has 4 aromatic rings. The summed E-state index contributed by atoms with van der Waals surface area (Å²) in [5.74, 6) is 1.39. The maximum Gasteiger partial charge on any atom is 0.167 e. The van der Waals surface area contributed by atoms with E-state index in [1.165, 1.54) is 0 Å². The van der Waals surface area contributed by atoms with Crippen molar-refractivity contribution in [2.24, 2.45) is 0 Å². The average molecular weight is 386 g/mol. The van der Waals surface area contributed by atoms with Crippen molar-refractivity contribution in [3.63, 3.8) is 0 Å². The monoisotopic (exact) mass is 386 g/mol. The molecule has 0 saturated carbocycles. The first-order valence-electron chi connectivity index (χ1n) is 9.26. The van der Waals surface area contributed by atoms with Gasteiger partial charge in [0.1, 0.15) is 11.5 Å². The topological polar surface area (TPSA) is 66.0 Å². The van der Waals surface area contributed by atoms with Crippen molar-refractivity contribution in [1.29, 1.82) is 0 Å². The number of hydrogen-bond acceptors (Lipinski definition) is 4. The van der Waals surface area contributed by atoms with Gasteiger partial charge in [0.25, 0.3) is 0 Å². The minimum Gasteiger partial charge on any atom is -0.497 e. The molecule has 2 N–H and O–H groups in total. The van der Waals surface area contributed by atoms with Crippen LogP contribution in [0.1, 0.15) is 16.1 Å². The SMILES string of the molecule is COc1ccc(-c2c(C)c(C=O)n3c(-c4ccc(N)c(OC)c4)cccc23)cc1. The molecule has 29 heavy (non-hydrogen) atoms. The maximum absolute atomic E-state index is 12.1. The first kappa shape index (κ1) is 18.6. The standard InChI is InChI=1S/C24H22N2O3/c1-15-22(14-27)26-20(17-9-12-19(25)23(13-17)29-3)5-4-6-21(26)24(15)16-7-10-18(28-2)11-8-16/h4-14H,25H2,1-3H3. The van der Waals surface area contributed by atoms with Crippen LogP contribution < -0.4 is 15.2 Å². The van der Waals surface area contributed by atoms with Crippen LogP contribution in [0.4, 0.5) is 5.69 Å². The van der Waals surface area contributed by atoms with Crippen LogP contribution in [0.3, 0.4) is 0 Å². The van der Waals surface area contributed by atoms with Crippen LogP contribution in [0.2, 0.25) is 0 Å². The van der Waals surface area contributed by atoms with E-state index in [1.54, 1.807) is 14.2 Å². The van der Waals surface area contributed by atoms with E-state index in [1.807, 2.05) is 72.0 Å². The van der Waals surface area contributed by atoms with Gasteiger partial charge in [-0.25, -0.2) is 0 Å². The van der Waals surface area contributed by atoms with Gasteiger partial charge in [-0.05, 0) is 54.4 Å². The largest absolute Gasteiger partial charge is 0.497 e. The second-order valence-corrected chi connectivity index (χ2v) is 6.82. The molecule has 4 rings (SSSR count). The highest BCUT2D eigenvalue weighted by Crippen LogP contribution is 2.37. The van der Waals surface area contributed by atoms with Crippen LogP contribution in [0.15, 0.2) is 60.7 Å². The fourth-order valence-corrected chi connectivity index (χ4v) is 3.81. The first-order chi connectivity index (χ1) is 14.1. The van der Waals surface area contributed by atoms with Crippen LogP contribution in [-0.2, 0) is 0 Å². The number of benzene rings is 2. The minimum absolute atomic E-state index is 0.571. The van der Waals surface area contributed by atoms with Gasteiger partial charge < -0.3 is 19.6 Å². The smallest absolute Gasteiger partial charge is 0.167 e. The summed E-state index contributed by atoms with van der Waals surface area (Å²) in [4.78, 5) is 12.1. The van der Waals surface area contributed by atoms with Gasteiger partial charge in [-0.15, -0.1) is 0 Å². The summed E-state index contributed by atoms with van der Waals surface area (Å²) < 4.78 is 12.6. The van der Waals surface area contributed by atoms with Crippen molar-refractivity contribution in [2.45, 2.75) is 6.92 Å². The summed E-state index contributed by atoms with van der Waals surface area (Å²) in [5.41, 5.74) is 12.9. The Balaban J connectivity index is 2.01. The molecule has 0 aliphatic heterocycles. The highest BCUT2D eigenvalue weighted by molar-refractivity contribution is 5.94. The quantitative estimate of drug-likeness (QED) is 0.387. The third-order valence-electron chi connectivity index (χ3n) is 5.27. The van der Waals surface area contributed by atoms with Crippen LogP contribution >= 0.6 is 0 Å². The molecule has 0 aliphatic rings. The van der Waals surface area contributed by atoms with Crippen molar-refractivity contribution in [2.75, 3.05) is 20.0 Å². The molecule has 0 saturated heterocycles. The summed E-state index contributed by atoms with van der Waals surface area (Å²) >= 11 is 0. The van der Waals surface area contributed by atoms with Crippen molar-refractivity contribution in [1.82, 2.24) is 4.40 Å². The Labute approximate surface area is 169 Å². The lowest BCUT2D eigenvalue weighted by Crippen LogP contribution is -1.98. The molecule has 0 radical (unpaired) electrons. The molecule has 5 nitrogen and oxygen atoms in total.